The number of rotatable bonds is 4. The average Bonchev–Trinajstić information content (AvgIpc) is 3.30. The molecule has 0 aliphatic carbocycles. The van der Waals surface area contributed by atoms with Crippen molar-refractivity contribution >= 4 is 24.6 Å². The second-order valence-electron chi connectivity index (χ2n) is 6.57. The van der Waals surface area contributed by atoms with Crippen molar-refractivity contribution in [2.45, 2.75) is 13.8 Å². The lowest BCUT2D eigenvalue weighted by molar-refractivity contribution is -0.482. The number of carboxylic acid groups (broad SMARTS) is 2. The van der Waals surface area contributed by atoms with Gasteiger partial charge in [0.2, 0.25) is 12.7 Å². The van der Waals surface area contributed by atoms with Gasteiger partial charge in [-0.15, -0.1) is 0 Å². The normalized spacial score (nSPS) is 15.0. The summed E-state index contributed by atoms with van der Waals surface area (Å²) in [5.41, 5.74) is -0.727. The van der Waals surface area contributed by atoms with Crippen LogP contribution in [0.15, 0.2) is 24.3 Å². The van der Waals surface area contributed by atoms with E-state index in [1.807, 2.05) is 0 Å². The van der Waals surface area contributed by atoms with Crippen LogP contribution in [-0.4, -0.2) is 96.9 Å². The van der Waals surface area contributed by atoms with E-state index >= 15 is 0 Å². The van der Waals surface area contributed by atoms with Gasteiger partial charge < -0.3 is 19.8 Å². The molecule has 1 aromatic rings. The highest BCUT2D eigenvalue weighted by molar-refractivity contribution is 5.99. The largest absolute Gasteiger partial charge is 0.545 e. The molecule has 0 amide bonds. The monoisotopic (exact) mass is 390 g/mol. The first-order valence-electron chi connectivity index (χ1n) is 9.38. The predicted molar refractivity (Wildman–Crippen MR) is 104 cm³/mol. The average molecular weight is 390 g/mol. The maximum Gasteiger partial charge on any atom is 0.234 e. The van der Waals surface area contributed by atoms with Crippen molar-refractivity contribution in [3.05, 3.63) is 35.4 Å². The summed E-state index contributed by atoms with van der Waals surface area (Å²) in [6.45, 7) is 11.4. The summed E-state index contributed by atoms with van der Waals surface area (Å²) in [7, 11) is 4.21. The zero-order valence-corrected chi connectivity index (χ0v) is 17.1. The van der Waals surface area contributed by atoms with Crippen LogP contribution in [0.4, 0.5) is 0 Å². The van der Waals surface area contributed by atoms with E-state index in [0.29, 0.717) is 0 Å². The molecule has 154 valence electrons. The predicted octanol–water partition coefficient (Wildman–Crippen LogP) is -1.60. The fourth-order valence-electron chi connectivity index (χ4n) is 2.68. The first-order valence-corrected chi connectivity index (χ1v) is 9.38. The maximum atomic E-state index is 10.3. The van der Waals surface area contributed by atoms with Gasteiger partial charge in [-0.25, -0.2) is 0 Å². The highest BCUT2D eigenvalue weighted by atomic mass is 16.4. The summed E-state index contributed by atoms with van der Waals surface area (Å²) in [6, 6.07) is 5.14. The van der Waals surface area contributed by atoms with Crippen molar-refractivity contribution in [2.24, 2.45) is 0 Å². The Morgan fingerprint density at radius 1 is 0.857 bits per heavy atom. The summed E-state index contributed by atoms with van der Waals surface area (Å²) in [4.78, 5) is 25.3. The third-order valence-corrected chi connectivity index (χ3v) is 4.38. The Morgan fingerprint density at radius 3 is 1.39 bits per heavy atom. The number of carboxylic acids is 2. The van der Waals surface area contributed by atoms with E-state index in [-0.39, 0.29) is 11.1 Å². The molecule has 2 aliphatic heterocycles. The van der Waals surface area contributed by atoms with Crippen molar-refractivity contribution in [2.75, 3.05) is 53.4 Å². The summed E-state index contributed by atoms with van der Waals surface area (Å²) in [5, 5.41) is 20.6. The number of likely N-dealkylation sites (N-methyl/N-ethyl adjacent to an activating group) is 4. The van der Waals surface area contributed by atoms with Crippen LogP contribution in [0.3, 0.4) is 0 Å². The van der Waals surface area contributed by atoms with Gasteiger partial charge in [0.25, 0.3) is 0 Å². The number of aromatic carboxylic acids is 2. The minimum absolute atomic E-state index is 0.363. The second-order valence-corrected chi connectivity index (χ2v) is 6.57. The van der Waals surface area contributed by atoms with Crippen molar-refractivity contribution in [3.63, 3.8) is 0 Å². The molecule has 2 aliphatic rings. The van der Waals surface area contributed by atoms with Crippen LogP contribution < -0.4 is 10.2 Å². The molecule has 28 heavy (non-hydrogen) atoms. The van der Waals surface area contributed by atoms with Crippen LogP contribution in [0, 0.1) is 0 Å². The summed E-state index contributed by atoms with van der Waals surface area (Å²) in [6.07, 6.45) is 4.33. The van der Waals surface area contributed by atoms with Crippen molar-refractivity contribution in [1.29, 1.82) is 0 Å². The van der Waals surface area contributed by atoms with Gasteiger partial charge in [0, 0.05) is 11.1 Å². The van der Waals surface area contributed by atoms with Gasteiger partial charge in [0.15, 0.2) is 0 Å². The molecular weight excluding hydrogens is 360 g/mol. The van der Waals surface area contributed by atoms with Crippen LogP contribution in [-0.2, 0) is 0 Å². The van der Waals surface area contributed by atoms with Gasteiger partial charge in [-0.1, -0.05) is 24.3 Å². The van der Waals surface area contributed by atoms with Crippen LogP contribution in [0.25, 0.3) is 0 Å². The van der Waals surface area contributed by atoms with Crippen LogP contribution >= 0.6 is 0 Å². The van der Waals surface area contributed by atoms with E-state index in [9.17, 15) is 19.8 Å². The topological polar surface area (TPSA) is 92.8 Å². The molecular formula is C20H30N4O4. The van der Waals surface area contributed by atoms with Gasteiger partial charge >= 0.3 is 0 Å². The smallest absolute Gasteiger partial charge is 0.234 e. The zero-order valence-electron chi connectivity index (χ0n) is 17.1. The Morgan fingerprint density at radius 2 is 1.21 bits per heavy atom. The molecule has 8 heteroatoms. The molecule has 0 bridgehead atoms. The molecule has 0 aromatic heterocycles. The van der Waals surface area contributed by atoms with E-state index in [1.165, 1.54) is 38.3 Å². The number of carbonyl (C=O) groups excluding carboxylic acids is 2. The molecule has 3 rings (SSSR count). The molecule has 0 saturated carbocycles. The molecule has 8 nitrogen and oxygen atoms in total. The SMILES string of the molecule is CCN1C=[N+](C)CC1.CCN1C=[N+](C)CC1.O=C([O-])c1ccccc1C(=O)[O-]. The molecule has 0 atom stereocenters. The number of hydrogen-bond acceptors (Lipinski definition) is 6. The minimum Gasteiger partial charge on any atom is -0.545 e. The van der Waals surface area contributed by atoms with Crippen LogP contribution in [0.2, 0.25) is 0 Å². The third kappa shape index (κ3) is 7.77. The lowest BCUT2D eigenvalue weighted by Crippen LogP contribution is -2.29. The Hall–Kier alpha value is -2.90. The highest BCUT2D eigenvalue weighted by Crippen LogP contribution is 2.05. The summed E-state index contributed by atoms with van der Waals surface area (Å²) < 4.78 is 4.42. The van der Waals surface area contributed by atoms with Crippen molar-refractivity contribution < 1.29 is 29.0 Å². The molecule has 0 spiro atoms. The fourth-order valence-corrected chi connectivity index (χ4v) is 2.68. The Bertz CT molecular complexity index is 670. The fraction of sp³-hybridized carbons (Fsp3) is 0.500. The van der Waals surface area contributed by atoms with E-state index < -0.39 is 11.9 Å². The van der Waals surface area contributed by atoms with Crippen molar-refractivity contribution in [1.82, 2.24) is 9.80 Å². The lowest BCUT2D eigenvalue weighted by Gasteiger charge is -2.09. The molecule has 0 unspecified atom stereocenters. The third-order valence-electron chi connectivity index (χ3n) is 4.38. The zero-order chi connectivity index (χ0) is 21.1. The lowest BCUT2D eigenvalue weighted by atomic mass is 10.1. The molecule has 0 radical (unpaired) electrons. The summed E-state index contributed by atoms with van der Waals surface area (Å²) >= 11 is 0. The summed E-state index contributed by atoms with van der Waals surface area (Å²) in [5.74, 6) is -3.04. The Labute approximate surface area is 166 Å². The Balaban J connectivity index is 0.000000217. The highest BCUT2D eigenvalue weighted by Gasteiger charge is 2.13. The van der Waals surface area contributed by atoms with Gasteiger partial charge in [-0.05, 0) is 13.8 Å². The molecule has 2 heterocycles. The van der Waals surface area contributed by atoms with E-state index in [0.717, 1.165) is 25.2 Å². The first-order chi connectivity index (χ1) is 13.3. The van der Waals surface area contributed by atoms with Gasteiger partial charge in [0.1, 0.15) is 26.2 Å². The molecule has 0 fully saturated rings. The van der Waals surface area contributed by atoms with Gasteiger partial charge in [-0.3, -0.25) is 19.0 Å². The standard InChI is InChI=1S/C8H6O4.2C6H13N2/c9-7(10)5-3-1-2-4-6(5)8(11)12;2*1-3-8-5-4-7(2)6-8/h1-4H,(H,9,10)(H,11,12);2*6H,3-5H2,1-2H3/q;2*+1/p-2. The number of nitrogens with zero attached hydrogens (tertiary/aromatic N) is 4. The molecule has 1 aromatic carbocycles. The Kier molecular flexibility index (Phi) is 9.70. The van der Waals surface area contributed by atoms with Crippen LogP contribution in [0.1, 0.15) is 34.6 Å². The second kappa shape index (κ2) is 11.7. The molecule has 0 N–H and O–H groups in total. The number of hydrogen-bond donors (Lipinski definition) is 0. The van der Waals surface area contributed by atoms with E-state index in [2.05, 4.69) is 59.6 Å². The number of benzene rings is 1. The van der Waals surface area contributed by atoms with E-state index in [1.54, 1.807) is 0 Å². The first kappa shape index (κ1) is 23.1. The van der Waals surface area contributed by atoms with Gasteiger partial charge in [0.05, 0.1) is 39.1 Å². The van der Waals surface area contributed by atoms with Gasteiger partial charge in [-0.2, -0.15) is 0 Å². The maximum absolute atomic E-state index is 10.3. The van der Waals surface area contributed by atoms with Crippen molar-refractivity contribution in [3.8, 4) is 0 Å². The quantitative estimate of drug-likeness (QED) is 0.575. The minimum atomic E-state index is -1.52. The number of carbonyl (C=O) groups is 2. The molecule has 0 saturated heterocycles. The van der Waals surface area contributed by atoms with E-state index in [4.69, 9.17) is 0 Å². The van der Waals surface area contributed by atoms with Crippen LogP contribution in [0.5, 0.6) is 0 Å².